The zero-order chi connectivity index (χ0) is 18.5. The lowest BCUT2D eigenvalue weighted by atomic mass is 9.97. The molecule has 0 fully saturated rings. The van der Waals surface area contributed by atoms with Gasteiger partial charge in [0.1, 0.15) is 5.03 Å². The summed E-state index contributed by atoms with van der Waals surface area (Å²) in [7, 11) is 0. The molecule has 0 radical (unpaired) electrons. The van der Waals surface area contributed by atoms with E-state index in [0.717, 1.165) is 36.9 Å². The number of hydrogen-bond acceptors (Lipinski definition) is 5. The molecule has 0 saturated carbocycles. The van der Waals surface area contributed by atoms with Gasteiger partial charge in [-0.1, -0.05) is 29.4 Å². The molecule has 1 heterocycles. The first-order chi connectivity index (χ1) is 12.6. The van der Waals surface area contributed by atoms with Crippen LogP contribution in [-0.2, 0) is 24.2 Å². The number of hydrogen-bond donors (Lipinski definition) is 2. The predicted octanol–water partition coefficient (Wildman–Crippen LogP) is 2.50. The summed E-state index contributed by atoms with van der Waals surface area (Å²) >= 11 is 7.19. The smallest absolute Gasteiger partial charge is 0.348 e. The minimum Gasteiger partial charge on any atom is -0.395 e. The Labute approximate surface area is 160 Å². The van der Waals surface area contributed by atoms with Crippen molar-refractivity contribution in [2.45, 2.75) is 37.3 Å². The number of nitrogens with one attached hydrogen (secondary N) is 1. The summed E-state index contributed by atoms with van der Waals surface area (Å²) in [5.74, 6) is -0.0155. The summed E-state index contributed by atoms with van der Waals surface area (Å²) in [6.45, 7) is 0.164. The highest BCUT2D eigenvalue weighted by Gasteiger charge is 2.20. The molecule has 0 atom stereocenters. The van der Waals surface area contributed by atoms with Crippen LogP contribution in [0.15, 0.2) is 34.1 Å². The van der Waals surface area contributed by atoms with Gasteiger partial charge in [-0.05, 0) is 43.9 Å². The maximum Gasteiger partial charge on any atom is 0.348 e. The molecule has 0 spiro atoms. The molecule has 138 valence electrons. The van der Waals surface area contributed by atoms with Crippen molar-refractivity contribution >= 4 is 35.0 Å². The van der Waals surface area contributed by atoms with Gasteiger partial charge in [0.05, 0.1) is 18.9 Å². The number of carbonyl (C=O) groups excluding carboxylic acids is 1. The van der Waals surface area contributed by atoms with Crippen LogP contribution in [0.3, 0.4) is 0 Å². The van der Waals surface area contributed by atoms with E-state index in [1.807, 2.05) is 0 Å². The fourth-order valence-electron chi connectivity index (χ4n) is 3.09. The molecule has 2 N–H and O–H groups in total. The summed E-state index contributed by atoms with van der Waals surface area (Å²) in [5, 5.41) is 13.2. The fourth-order valence-corrected chi connectivity index (χ4v) is 4.16. The van der Waals surface area contributed by atoms with Gasteiger partial charge in [-0.15, -0.1) is 0 Å². The van der Waals surface area contributed by atoms with Crippen molar-refractivity contribution in [3.05, 3.63) is 51.0 Å². The zero-order valence-corrected chi connectivity index (χ0v) is 15.8. The predicted molar refractivity (Wildman–Crippen MR) is 103 cm³/mol. The Kier molecular flexibility index (Phi) is 6.34. The van der Waals surface area contributed by atoms with E-state index in [0.29, 0.717) is 15.7 Å². The molecule has 1 aliphatic carbocycles. The van der Waals surface area contributed by atoms with Gasteiger partial charge >= 0.3 is 5.69 Å². The first-order valence-corrected chi connectivity index (χ1v) is 9.86. The van der Waals surface area contributed by atoms with Gasteiger partial charge in [0.2, 0.25) is 5.91 Å². The molecule has 1 aromatic carbocycles. The molecule has 8 heteroatoms. The SMILES string of the molecule is O=C(CSc1nc(=O)n(CCO)c2c1CCCC2)Nc1cccc(Cl)c1. The molecular weight excluding hydrogens is 374 g/mol. The second-order valence-corrected chi connectivity index (χ2v) is 7.45. The van der Waals surface area contributed by atoms with Crippen molar-refractivity contribution in [3.63, 3.8) is 0 Å². The normalized spacial score (nSPS) is 13.3. The summed E-state index contributed by atoms with van der Waals surface area (Å²) in [6.07, 6.45) is 3.69. The molecule has 0 bridgehead atoms. The van der Waals surface area contributed by atoms with E-state index >= 15 is 0 Å². The van der Waals surface area contributed by atoms with Crippen LogP contribution in [0.5, 0.6) is 0 Å². The average molecular weight is 394 g/mol. The Morgan fingerprint density at radius 2 is 2.15 bits per heavy atom. The van der Waals surface area contributed by atoms with Gasteiger partial charge in [-0.3, -0.25) is 9.36 Å². The van der Waals surface area contributed by atoms with Crippen molar-refractivity contribution in [2.75, 3.05) is 17.7 Å². The number of aliphatic hydroxyl groups is 1. The van der Waals surface area contributed by atoms with Crippen molar-refractivity contribution in [1.29, 1.82) is 0 Å². The number of fused-ring (bicyclic) bond motifs is 1. The third kappa shape index (κ3) is 4.47. The van der Waals surface area contributed by atoms with Crippen molar-refractivity contribution < 1.29 is 9.90 Å². The number of carbonyl (C=O) groups is 1. The molecule has 0 saturated heterocycles. The van der Waals surface area contributed by atoms with Crippen LogP contribution in [0.2, 0.25) is 5.02 Å². The number of benzene rings is 1. The third-order valence-electron chi connectivity index (χ3n) is 4.22. The van der Waals surface area contributed by atoms with Crippen LogP contribution in [0, 0.1) is 0 Å². The van der Waals surface area contributed by atoms with Crippen LogP contribution < -0.4 is 11.0 Å². The van der Waals surface area contributed by atoms with E-state index in [2.05, 4.69) is 10.3 Å². The van der Waals surface area contributed by atoms with Crippen LogP contribution in [0.4, 0.5) is 5.69 Å². The lowest BCUT2D eigenvalue weighted by molar-refractivity contribution is -0.113. The Morgan fingerprint density at radius 1 is 1.35 bits per heavy atom. The van der Waals surface area contributed by atoms with Crippen LogP contribution in [-0.4, -0.2) is 32.9 Å². The van der Waals surface area contributed by atoms with Crippen LogP contribution in [0.1, 0.15) is 24.1 Å². The van der Waals surface area contributed by atoms with Gasteiger partial charge in [-0.25, -0.2) is 4.79 Å². The van der Waals surface area contributed by atoms with Gasteiger partial charge in [0, 0.05) is 22.0 Å². The highest BCUT2D eigenvalue weighted by atomic mass is 35.5. The lowest BCUT2D eigenvalue weighted by Gasteiger charge is -2.22. The maximum atomic E-state index is 12.3. The summed E-state index contributed by atoms with van der Waals surface area (Å²) in [4.78, 5) is 28.6. The summed E-state index contributed by atoms with van der Waals surface area (Å²) in [5.41, 5.74) is 2.25. The summed E-state index contributed by atoms with van der Waals surface area (Å²) < 4.78 is 1.56. The lowest BCUT2D eigenvalue weighted by Crippen LogP contribution is -2.31. The number of aromatic nitrogens is 2. The van der Waals surface area contributed by atoms with Gasteiger partial charge < -0.3 is 10.4 Å². The number of nitrogens with zero attached hydrogens (tertiary/aromatic N) is 2. The quantitative estimate of drug-likeness (QED) is 0.582. The molecule has 2 aromatic rings. The monoisotopic (exact) mass is 393 g/mol. The minimum absolute atomic E-state index is 0.0947. The van der Waals surface area contributed by atoms with Crippen LogP contribution >= 0.6 is 23.4 Å². The maximum absolute atomic E-state index is 12.3. The van der Waals surface area contributed by atoms with E-state index in [-0.39, 0.29) is 30.5 Å². The number of rotatable bonds is 6. The Morgan fingerprint density at radius 3 is 2.92 bits per heavy atom. The first-order valence-electron chi connectivity index (χ1n) is 8.50. The fraction of sp³-hybridized carbons (Fsp3) is 0.389. The van der Waals surface area contributed by atoms with E-state index in [1.165, 1.54) is 11.8 Å². The second kappa shape index (κ2) is 8.70. The largest absolute Gasteiger partial charge is 0.395 e. The highest BCUT2D eigenvalue weighted by molar-refractivity contribution is 8.00. The molecule has 6 nitrogen and oxygen atoms in total. The molecule has 26 heavy (non-hydrogen) atoms. The van der Waals surface area contributed by atoms with Crippen molar-refractivity contribution in [2.24, 2.45) is 0 Å². The topological polar surface area (TPSA) is 84.2 Å². The number of aliphatic hydroxyl groups excluding tert-OH is 1. The molecule has 3 rings (SSSR count). The first kappa shape index (κ1) is 18.9. The number of thioether (sulfide) groups is 1. The standard InChI is InChI=1S/C18H20ClN3O3S/c19-12-4-3-5-13(10-12)20-16(24)11-26-17-14-6-1-2-7-15(14)22(8-9-23)18(25)21-17/h3-5,10,23H,1-2,6-9,11H2,(H,20,24). The minimum atomic E-state index is -0.363. The van der Waals surface area contributed by atoms with E-state index in [1.54, 1.807) is 28.8 Å². The third-order valence-corrected chi connectivity index (χ3v) is 5.48. The van der Waals surface area contributed by atoms with Gasteiger partial charge in [0.25, 0.3) is 0 Å². The van der Waals surface area contributed by atoms with Gasteiger partial charge in [-0.2, -0.15) is 4.98 Å². The van der Waals surface area contributed by atoms with E-state index < -0.39 is 0 Å². The molecule has 1 amide bonds. The molecule has 0 unspecified atom stereocenters. The number of amides is 1. The average Bonchev–Trinajstić information content (AvgIpc) is 2.62. The molecular formula is C18H20ClN3O3S. The van der Waals surface area contributed by atoms with Crippen molar-refractivity contribution in [3.8, 4) is 0 Å². The molecule has 1 aliphatic rings. The second-order valence-electron chi connectivity index (χ2n) is 6.05. The molecule has 0 aliphatic heterocycles. The van der Waals surface area contributed by atoms with E-state index in [4.69, 9.17) is 11.6 Å². The van der Waals surface area contributed by atoms with Gasteiger partial charge in [0.15, 0.2) is 0 Å². The van der Waals surface area contributed by atoms with E-state index in [9.17, 15) is 14.7 Å². The number of anilines is 1. The number of halogens is 1. The Hall–Kier alpha value is -1.83. The van der Waals surface area contributed by atoms with Crippen molar-refractivity contribution in [1.82, 2.24) is 9.55 Å². The summed E-state index contributed by atoms with van der Waals surface area (Å²) in [6, 6.07) is 6.96. The highest BCUT2D eigenvalue weighted by Crippen LogP contribution is 2.28. The molecule has 1 aromatic heterocycles. The Balaban J connectivity index is 1.74. The zero-order valence-electron chi connectivity index (χ0n) is 14.2. The Bertz CT molecular complexity index is 869. The van der Waals surface area contributed by atoms with Crippen LogP contribution in [0.25, 0.3) is 0 Å².